The molecule has 0 spiro atoms. The highest BCUT2D eigenvalue weighted by atomic mass is 16.5. The maximum atomic E-state index is 5.35. The molecule has 130 valence electrons. The van der Waals surface area contributed by atoms with Crippen LogP contribution in [-0.4, -0.2) is 30.1 Å². The van der Waals surface area contributed by atoms with Gasteiger partial charge in [0.1, 0.15) is 5.75 Å². The van der Waals surface area contributed by atoms with Crippen molar-refractivity contribution >= 4 is 10.9 Å². The van der Waals surface area contributed by atoms with Crippen LogP contribution in [0.15, 0.2) is 66.9 Å². The largest absolute Gasteiger partial charge is 0.497 e. The van der Waals surface area contributed by atoms with Gasteiger partial charge in [-0.15, -0.1) is 0 Å². The molecule has 0 saturated heterocycles. The van der Waals surface area contributed by atoms with Crippen LogP contribution in [0.25, 0.3) is 10.9 Å². The number of H-pyrrole nitrogens is 1. The topological polar surface area (TPSA) is 28.3 Å². The lowest BCUT2D eigenvalue weighted by Gasteiger charge is -2.21. The van der Waals surface area contributed by atoms with E-state index in [4.69, 9.17) is 4.74 Å². The van der Waals surface area contributed by atoms with Crippen LogP contribution in [0, 0.1) is 0 Å². The van der Waals surface area contributed by atoms with Gasteiger partial charge in [0.15, 0.2) is 0 Å². The highest BCUT2D eigenvalue weighted by Crippen LogP contribution is 2.19. The van der Waals surface area contributed by atoms with Gasteiger partial charge in [-0.1, -0.05) is 42.5 Å². The van der Waals surface area contributed by atoms with E-state index in [1.54, 1.807) is 7.11 Å². The average Bonchev–Trinajstić information content (AvgIpc) is 3.07. The number of rotatable bonds is 8. The quantitative estimate of drug-likeness (QED) is 0.600. The fourth-order valence-corrected chi connectivity index (χ4v) is 3.14. The molecule has 1 heterocycles. The molecule has 2 aromatic carbocycles. The van der Waals surface area contributed by atoms with Gasteiger partial charge in [0, 0.05) is 36.7 Å². The minimum Gasteiger partial charge on any atom is -0.497 e. The molecule has 0 aliphatic carbocycles. The van der Waals surface area contributed by atoms with E-state index in [-0.39, 0.29) is 0 Å². The third kappa shape index (κ3) is 4.52. The lowest BCUT2D eigenvalue weighted by Crippen LogP contribution is -2.26. The van der Waals surface area contributed by atoms with Crippen molar-refractivity contribution in [2.24, 2.45) is 0 Å². The molecular formula is C22H26N2O. The first-order valence-corrected chi connectivity index (χ1v) is 8.81. The molecule has 0 bridgehead atoms. The Morgan fingerprint density at radius 2 is 2.00 bits per heavy atom. The number of fused-ring (bicyclic) bond motifs is 1. The van der Waals surface area contributed by atoms with E-state index < -0.39 is 0 Å². The maximum absolute atomic E-state index is 5.35. The summed E-state index contributed by atoms with van der Waals surface area (Å²) in [5.74, 6) is 0.917. The molecule has 25 heavy (non-hydrogen) atoms. The summed E-state index contributed by atoms with van der Waals surface area (Å²) in [6.07, 6.45) is 7.51. The summed E-state index contributed by atoms with van der Waals surface area (Å²) in [5.41, 5.74) is 3.87. The molecule has 1 N–H and O–H groups in total. The minimum absolute atomic E-state index is 0.917. The molecule has 0 unspecified atom stereocenters. The van der Waals surface area contributed by atoms with Gasteiger partial charge in [0.25, 0.3) is 0 Å². The van der Waals surface area contributed by atoms with Crippen LogP contribution in [-0.2, 0) is 13.0 Å². The summed E-state index contributed by atoms with van der Waals surface area (Å²) in [7, 11) is 1.72. The third-order valence-electron chi connectivity index (χ3n) is 4.51. The number of nitrogens with one attached hydrogen (secondary N) is 1. The van der Waals surface area contributed by atoms with Crippen LogP contribution in [0.4, 0.5) is 0 Å². The van der Waals surface area contributed by atoms with Crippen molar-refractivity contribution in [3.05, 3.63) is 78.0 Å². The number of aromatic amines is 1. The monoisotopic (exact) mass is 334 g/mol. The molecule has 0 fully saturated rings. The Morgan fingerprint density at radius 1 is 1.12 bits per heavy atom. The molecule has 0 atom stereocenters. The summed E-state index contributed by atoms with van der Waals surface area (Å²) in [6.45, 7) is 4.97. The van der Waals surface area contributed by atoms with Gasteiger partial charge in [-0.05, 0) is 42.7 Å². The zero-order valence-electron chi connectivity index (χ0n) is 15.0. The average molecular weight is 334 g/mol. The SMILES string of the molecule is C/C=C\CN(CCc1c[nH]c2ccccc12)Cc1cccc(OC)c1. The van der Waals surface area contributed by atoms with Gasteiger partial charge in [0.05, 0.1) is 7.11 Å². The molecule has 3 nitrogen and oxygen atoms in total. The first-order valence-electron chi connectivity index (χ1n) is 8.81. The molecule has 0 radical (unpaired) electrons. The van der Waals surface area contributed by atoms with Crippen molar-refractivity contribution in [1.29, 1.82) is 0 Å². The molecule has 0 amide bonds. The summed E-state index contributed by atoms with van der Waals surface area (Å²) in [5, 5.41) is 1.33. The molecule has 3 rings (SSSR count). The highest BCUT2D eigenvalue weighted by Gasteiger charge is 2.08. The predicted molar refractivity (Wildman–Crippen MR) is 105 cm³/mol. The second-order valence-electron chi connectivity index (χ2n) is 6.27. The second kappa shape index (κ2) is 8.54. The summed E-state index contributed by atoms with van der Waals surface area (Å²) in [6, 6.07) is 16.8. The van der Waals surface area contributed by atoms with Crippen LogP contribution >= 0.6 is 0 Å². The van der Waals surface area contributed by atoms with Gasteiger partial charge in [-0.25, -0.2) is 0 Å². The van der Waals surface area contributed by atoms with Gasteiger partial charge < -0.3 is 9.72 Å². The van der Waals surface area contributed by atoms with E-state index in [2.05, 4.69) is 77.6 Å². The van der Waals surface area contributed by atoms with Crippen LogP contribution in [0.3, 0.4) is 0 Å². The third-order valence-corrected chi connectivity index (χ3v) is 4.51. The Balaban J connectivity index is 1.70. The number of aromatic nitrogens is 1. The van der Waals surface area contributed by atoms with Crippen molar-refractivity contribution in [2.45, 2.75) is 19.9 Å². The Labute approximate surface area is 149 Å². The van der Waals surface area contributed by atoms with Gasteiger partial charge in [-0.3, -0.25) is 4.90 Å². The lowest BCUT2D eigenvalue weighted by atomic mass is 10.1. The van der Waals surface area contributed by atoms with Gasteiger partial charge in [0.2, 0.25) is 0 Å². The molecule has 1 aromatic heterocycles. The summed E-state index contributed by atoms with van der Waals surface area (Å²) < 4.78 is 5.35. The Bertz CT molecular complexity index is 835. The van der Waals surface area contributed by atoms with E-state index in [0.29, 0.717) is 0 Å². The van der Waals surface area contributed by atoms with Crippen molar-refractivity contribution < 1.29 is 4.74 Å². The molecule has 0 aliphatic heterocycles. The summed E-state index contributed by atoms with van der Waals surface area (Å²) >= 11 is 0. The second-order valence-corrected chi connectivity index (χ2v) is 6.27. The van der Waals surface area contributed by atoms with Crippen LogP contribution < -0.4 is 4.74 Å². The van der Waals surface area contributed by atoms with E-state index in [0.717, 1.165) is 31.8 Å². The van der Waals surface area contributed by atoms with E-state index in [1.165, 1.54) is 22.0 Å². The van der Waals surface area contributed by atoms with Crippen LogP contribution in [0.2, 0.25) is 0 Å². The molecule has 0 aliphatic rings. The normalized spacial score (nSPS) is 11.6. The van der Waals surface area contributed by atoms with E-state index in [9.17, 15) is 0 Å². The summed E-state index contributed by atoms with van der Waals surface area (Å²) in [4.78, 5) is 5.84. The van der Waals surface area contributed by atoms with Crippen molar-refractivity contribution in [3.63, 3.8) is 0 Å². The van der Waals surface area contributed by atoms with E-state index in [1.807, 2.05) is 6.07 Å². The zero-order valence-corrected chi connectivity index (χ0v) is 15.0. The van der Waals surface area contributed by atoms with Crippen molar-refractivity contribution in [1.82, 2.24) is 9.88 Å². The molecule has 3 aromatic rings. The molecule has 0 saturated carbocycles. The van der Waals surface area contributed by atoms with Gasteiger partial charge >= 0.3 is 0 Å². The lowest BCUT2D eigenvalue weighted by molar-refractivity contribution is 0.298. The number of hydrogen-bond acceptors (Lipinski definition) is 2. The van der Waals surface area contributed by atoms with Crippen LogP contribution in [0.1, 0.15) is 18.1 Å². The number of allylic oxidation sites excluding steroid dienone is 1. The molecular weight excluding hydrogens is 308 g/mol. The number of methoxy groups -OCH3 is 1. The standard InChI is InChI=1S/C22H26N2O/c1-3-4-13-24(17-18-8-7-9-20(15-18)25-2)14-12-19-16-23-22-11-6-5-10-21(19)22/h3-11,15-16,23H,12-14,17H2,1-2H3/b4-3-. The van der Waals surface area contributed by atoms with Crippen LogP contribution in [0.5, 0.6) is 5.75 Å². The van der Waals surface area contributed by atoms with Crippen molar-refractivity contribution in [3.8, 4) is 5.75 Å². The number of benzene rings is 2. The maximum Gasteiger partial charge on any atom is 0.119 e. The van der Waals surface area contributed by atoms with E-state index >= 15 is 0 Å². The number of hydrogen-bond donors (Lipinski definition) is 1. The fraction of sp³-hybridized carbons (Fsp3) is 0.273. The van der Waals surface area contributed by atoms with Gasteiger partial charge in [-0.2, -0.15) is 0 Å². The zero-order chi connectivity index (χ0) is 17.5. The minimum atomic E-state index is 0.917. The first kappa shape index (κ1) is 17.3. The fourth-order valence-electron chi connectivity index (χ4n) is 3.14. The Morgan fingerprint density at radius 3 is 2.84 bits per heavy atom. The first-order chi connectivity index (χ1) is 12.3. The predicted octanol–water partition coefficient (Wildman–Crippen LogP) is 4.80. The van der Waals surface area contributed by atoms with Crippen molar-refractivity contribution in [2.75, 3.05) is 20.2 Å². The number of para-hydroxylation sites is 1. The molecule has 3 heteroatoms. The number of nitrogens with zero attached hydrogens (tertiary/aromatic N) is 1. The number of ether oxygens (including phenoxy) is 1. The Hall–Kier alpha value is -2.52. The highest BCUT2D eigenvalue weighted by molar-refractivity contribution is 5.83. The Kier molecular flexibility index (Phi) is 5.91. The smallest absolute Gasteiger partial charge is 0.119 e.